The molecule has 0 radical (unpaired) electrons. The highest BCUT2D eigenvalue weighted by Crippen LogP contribution is 2.29. The summed E-state index contributed by atoms with van der Waals surface area (Å²) in [5, 5.41) is 13.6. The highest BCUT2D eigenvalue weighted by atomic mass is 35.5. The first kappa shape index (κ1) is 14.5. The molecule has 4 nitrogen and oxygen atoms in total. The van der Waals surface area contributed by atoms with Crippen LogP contribution in [0.25, 0.3) is 0 Å². The molecule has 1 heterocycles. The van der Waals surface area contributed by atoms with Crippen LogP contribution in [0.2, 0.25) is 5.15 Å². The maximum Gasteiger partial charge on any atom is 0.138 e. The zero-order valence-corrected chi connectivity index (χ0v) is 12.3. The Hall–Kier alpha value is -0.870. The number of nitrogens with zero attached hydrogens (tertiary/aromatic N) is 2. The number of aliphatic hydroxyl groups is 1. The van der Waals surface area contributed by atoms with Crippen molar-refractivity contribution in [3.8, 4) is 0 Å². The summed E-state index contributed by atoms with van der Waals surface area (Å²) in [5.74, 6) is 1.63. The van der Waals surface area contributed by atoms with Gasteiger partial charge >= 0.3 is 0 Å². The lowest BCUT2D eigenvalue weighted by molar-refractivity contribution is 0.104. The predicted octanol–water partition coefficient (Wildman–Crippen LogP) is 3.22. The number of aromatic nitrogens is 2. The molecule has 2 unspecified atom stereocenters. The first-order valence-corrected chi connectivity index (χ1v) is 7.38. The summed E-state index contributed by atoms with van der Waals surface area (Å²) < 4.78 is 0. The van der Waals surface area contributed by atoms with E-state index >= 15 is 0 Å². The number of hydrogen-bond donors (Lipinski definition) is 2. The van der Waals surface area contributed by atoms with Gasteiger partial charge in [-0.15, -0.1) is 0 Å². The predicted molar refractivity (Wildman–Crippen MR) is 77.6 cm³/mol. The average molecular weight is 284 g/mol. The Morgan fingerprint density at radius 2 is 2.21 bits per heavy atom. The monoisotopic (exact) mass is 283 g/mol. The van der Waals surface area contributed by atoms with Gasteiger partial charge in [-0.3, -0.25) is 0 Å². The van der Waals surface area contributed by atoms with Crippen LogP contribution in [-0.2, 0) is 0 Å². The van der Waals surface area contributed by atoms with E-state index < -0.39 is 0 Å². The van der Waals surface area contributed by atoms with Crippen molar-refractivity contribution in [1.82, 2.24) is 9.97 Å². The van der Waals surface area contributed by atoms with Gasteiger partial charge in [0.1, 0.15) is 17.3 Å². The van der Waals surface area contributed by atoms with E-state index in [1.54, 1.807) is 0 Å². The van der Waals surface area contributed by atoms with Crippen LogP contribution in [0.4, 0.5) is 5.82 Å². The molecule has 5 heteroatoms. The minimum absolute atomic E-state index is 0.140. The molecular weight excluding hydrogens is 262 g/mol. The Kier molecular flexibility index (Phi) is 4.99. The van der Waals surface area contributed by atoms with E-state index in [0.29, 0.717) is 11.1 Å². The first-order valence-electron chi connectivity index (χ1n) is 7.00. The van der Waals surface area contributed by atoms with Crippen LogP contribution in [0.5, 0.6) is 0 Å². The van der Waals surface area contributed by atoms with Crippen molar-refractivity contribution in [2.75, 3.05) is 11.9 Å². The van der Waals surface area contributed by atoms with Gasteiger partial charge in [0, 0.05) is 12.1 Å². The molecule has 0 amide bonds. The molecule has 1 aliphatic carbocycles. The number of nitrogens with one attached hydrogen (secondary N) is 1. The molecule has 1 saturated carbocycles. The highest BCUT2D eigenvalue weighted by Gasteiger charge is 2.21. The van der Waals surface area contributed by atoms with Crippen LogP contribution in [0.1, 0.15) is 51.0 Å². The van der Waals surface area contributed by atoms with Crippen LogP contribution in [0.3, 0.4) is 0 Å². The summed E-state index contributed by atoms with van der Waals surface area (Å²) in [6.45, 7) is 5.00. The van der Waals surface area contributed by atoms with Gasteiger partial charge in [-0.2, -0.15) is 0 Å². The minimum Gasteiger partial charge on any atom is -0.393 e. The van der Waals surface area contributed by atoms with Crippen molar-refractivity contribution in [3.05, 3.63) is 17.0 Å². The fourth-order valence-corrected chi connectivity index (χ4v) is 3.07. The van der Waals surface area contributed by atoms with Crippen LogP contribution in [-0.4, -0.2) is 27.7 Å². The molecule has 106 valence electrons. The molecule has 0 saturated heterocycles. The quantitative estimate of drug-likeness (QED) is 0.833. The Balaban J connectivity index is 2.01. The molecule has 1 aliphatic rings. The van der Waals surface area contributed by atoms with E-state index in [4.69, 9.17) is 11.6 Å². The molecule has 0 aromatic carbocycles. The second-order valence-corrected chi connectivity index (χ2v) is 6.01. The average Bonchev–Trinajstić information content (AvgIpc) is 2.36. The third-order valence-electron chi connectivity index (χ3n) is 3.73. The van der Waals surface area contributed by atoms with Crippen LogP contribution < -0.4 is 5.32 Å². The maximum absolute atomic E-state index is 9.69. The van der Waals surface area contributed by atoms with Crippen LogP contribution in [0, 0.1) is 5.92 Å². The van der Waals surface area contributed by atoms with E-state index in [0.717, 1.165) is 37.2 Å². The third kappa shape index (κ3) is 3.80. The van der Waals surface area contributed by atoms with Crippen molar-refractivity contribution in [2.45, 2.75) is 51.6 Å². The van der Waals surface area contributed by atoms with Gasteiger partial charge in [0.15, 0.2) is 0 Å². The molecule has 1 aromatic heterocycles. The highest BCUT2D eigenvalue weighted by molar-refractivity contribution is 6.30. The zero-order chi connectivity index (χ0) is 13.8. The van der Waals surface area contributed by atoms with Gasteiger partial charge in [0.25, 0.3) is 0 Å². The molecule has 0 bridgehead atoms. The minimum atomic E-state index is -0.140. The van der Waals surface area contributed by atoms with Gasteiger partial charge in [-0.25, -0.2) is 9.97 Å². The number of rotatable bonds is 4. The Bertz CT molecular complexity index is 425. The van der Waals surface area contributed by atoms with Crippen LogP contribution >= 0.6 is 11.6 Å². The summed E-state index contributed by atoms with van der Waals surface area (Å²) >= 11 is 6.14. The lowest BCUT2D eigenvalue weighted by atomic mass is 9.87. The number of halogens is 1. The van der Waals surface area contributed by atoms with E-state index in [1.165, 1.54) is 12.7 Å². The summed E-state index contributed by atoms with van der Waals surface area (Å²) in [5.41, 5.74) is 0.973. The zero-order valence-electron chi connectivity index (χ0n) is 11.6. The van der Waals surface area contributed by atoms with E-state index in [-0.39, 0.29) is 12.0 Å². The Morgan fingerprint density at radius 1 is 1.42 bits per heavy atom. The summed E-state index contributed by atoms with van der Waals surface area (Å²) in [6, 6.07) is 0. The fourth-order valence-electron chi connectivity index (χ4n) is 2.72. The van der Waals surface area contributed by atoms with Gasteiger partial charge in [0.2, 0.25) is 0 Å². The normalized spacial score (nSPS) is 23.6. The second kappa shape index (κ2) is 6.53. The molecule has 0 aliphatic heterocycles. The number of hydrogen-bond acceptors (Lipinski definition) is 4. The standard InChI is InChI=1S/C14H22ClN3O/c1-9(2)12-13(15)17-8-18-14(12)16-7-10-4-3-5-11(19)6-10/h8-11,19H,3-7H2,1-2H3,(H,16,17,18). The van der Waals surface area contributed by atoms with Crippen LogP contribution in [0.15, 0.2) is 6.33 Å². The molecule has 19 heavy (non-hydrogen) atoms. The topological polar surface area (TPSA) is 58.0 Å². The first-order chi connectivity index (χ1) is 9.08. The van der Waals surface area contributed by atoms with E-state index in [1.807, 2.05) is 0 Å². The number of anilines is 1. The van der Waals surface area contributed by atoms with Gasteiger partial charge in [-0.1, -0.05) is 31.9 Å². The van der Waals surface area contributed by atoms with Crippen molar-refractivity contribution in [3.63, 3.8) is 0 Å². The van der Waals surface area contributed by atoms with Gasteiger partial charge < -0.3 is 10.4 Å². The Morgan fingerprint density at radius 3 is 2.89 bits per heavy atom. The second-order valence-electron chi connectivity index (χ2n) is 5.65. The molecule has 1 fully saturated rings. The van der Waals surface area contributed by atoms with Crippen molar-refractivity contribution >= 4 is 17.4 Å². The van der Waals surface area contributed by atoms with Crippen molar-refractivity contribution < 1.29 is 5.11 Å². The van der Waals surface area contributed by atoms with E-state index in [9.17, 15) is 5.11 Å². The lowest BCUT2D eigenvalue weighted by Gasteiger charge is -2.26. The van der Waals surface area contributed by atoms with Crippen molar-refractivity contribution in [1.29, 1.82) is 0 Å². The summed E-state index contributed by atoms with van der Waals surface area (Å²) in [4.78, 5) is 8.34. The largest absolute Gasteiger partial charge is 0.393 e. The van der Waals surface area contributed by atoms with Gasteiger partial charge in [-0.05, 0) is 31.1 Å². The number of aliphatic hydroxyl groups excluding tert-OH is 1. The molecule has 1 aromatic rings. The Labute approximate surface area is 119 Å². The SMILES string of the molecule is CC(C)c1c(Cl)ncnc1NCC1CCCC(O)C1. The smallest absolute Gasteiger partial charge is 0.138 e. The third-order valence-corrected chi connectivity index (χ3v) is 4.03. The van der Waals surface area contributed by atoms with Gasteiger partial charge in [0.05, 0.1) is 6.10 Å². The summed E-state index contributed by atoms with van der Waals surface area (Å²) in [6.07, 6.45) is 5.44. The van der Waals surface area contributed by atoms with E-state index in [2.05, 4.69) is 29.1 Å². The fraction of sp³-hybridized carbons (Fsp3) is 0.714. The molecular formula is C14H22ClN3O. The molecule has 2 atom stereocenters. The maximum atomic E-state index is 9.69. The molecule has 0 spiro atoms. The lowest BCUT2D eigenvalue weighted by Crippen LogP contribution is -2.25. The summed E-state index contributed by atoms with van der Waals surface area (Å²) in [7, 11) is 0. The van der Waals surface area contributed by atoms with Crippen molar-refractivity contribution in [2.24, 2.45) is 5.92 Å². The molecule has 2 N–H and O–H groups in total. The molecule has 2 rings (SSSR count).